The summed E-state index contributed by atoms with van der Waals surface area (Å²) < 4.78 is 41.1. The minimum Gasteiger partial charge on any atom is -0.406 e. The maximum Gasteiger partial charge on any atom is 0.573 e. The second-order valence-corrected chi connectivity index (χ2v) is 7.49. The SMILES string of the molecule is O=C(N1CCCCC1)N(CC1CCCCC1)c1ccc(OC(F)(F)F)cc1. The van der Waals surface area contributed by atoms with Crippen LogP contribution in [0.15, 0.2) is 24.3 Å². The number of benzene rings is 1. The summed E-state index contributed by atoms with van der Waals surface area (Å²) in [6.45, 7) is 2.11. The van der Waals surface area contributed by atoms with Gasteiger partial charge in [-0.3, -0.25) is 4.90 Å². The molecule has 0 spiro atoms. The van der Waals surface area contributed by atoms with Gasteiger partial charge in [-0.05, 0) is 62.3 Å². The summed E-state index contributed by atoms with van der Waals surface area (Å²) in [5, 5.41) is 0. The molecule has 1 heterocycles. The van der Waals surface area contributed by atoms with E-state index < -0.39 is 6.36 Å². The van der Waals surface area contributed by atoms with Crippen molar-refractivity contribution in [3.05, 3.63) is 24.3 Å². The highest BCUT2D eigenvalue weighted by atomic mass is 19.4. The highest BCUT2D eigenvalue weighted by Gasteiger charge is 2.31. The van der Waals surface area contributed by atoms with Gasteiger partial charge in [0.1, 0.15) is 5.75 Å². The lowest BCUT2D eigenvalue weighted by Crippen LogP contribution is -2.47. The zero-order valence-corrected chi connectivity index (χ0v) is 15.5. The highest BCUT2D eigenvalue weighted by molar-refractivity contribution is 5.92. The average molecular weight is 384 g/mol. The maximum atomic E-state index is 13.1. The van der Waals surface area contributed by atoms with Gasteiger partial charge in [0.05, 0.1) is 0 Å². The predicted molar refractivity (Wildman–Crippen MR) is 97.9 cm³/mol. The summed E-state index contributed by atoms with van der Waals surface area (Å²) in [6, 6.07) is 5.61. The average Bonchev–Trinajstić information content (AvgIpc) is 2.67. The van der Waals surface area contributed by atoms with E-state index in [-0.39, 0.29) is 11.8 Å². The molecule has 3 rings (SSSR count). The third-order valence-corrected chi connectivity index (χ3v) is 5.40. The molecule has 0 aromatic heterocycles. The Kier molecular flexibility index (Phi) is 6.50. The maximum absolute atomic E-state index is 13.1. The Balaban J connectivity index is 1.76. The lowest BCUT2D eigenvalue weighted by molar-refractivity contribution is -0.274. The number of alkyl halides is 3. The first-order valence-electron chi connectivity index (χ1n) is 9.84. The fourth-order valence-corrected chi connectivity index (χ4v) is 4.01. The number of urea groups is 1. The Bertz CT molecular complexity index is 607. The molecular formula is C20H27F3N2O2. The number of carbonyl (C=O) groups is 1. The Hall–Kier alpha value is -1.92. The molecule has 4 nitrogen and oxygen atoms in total. The normalized spacial score (nSPS) is 19.0. The van der Waals surface area contributed by atoms with Crippen LogP contribution in [0.2, 0.25) is 0 Å². The van der Waals surface area contributed by atoms with Gasteiger partial charge >= 0.3 is 12.4 Å². The van der Waals surface area contributed by atoms with Crippen molar-refractivity contribution in [1.82, 2.24) is 4.90 Å². The summed E-state index contributed by atoms with van der Waals surface area (Å²) in [6.07, 6.45) is 4.20. The van der Waals surface area contributed by atoms with E-state index in [1.807, 2.05) is 4.90 Å². The van der Waals surface area contributed by atoms with Crippen molar-refractivity contribution in [3.63, 3.8) is 0 Å². The number of rotatable bonds is 4. The molecule has 1 saturated carbocycles. The van der Waals surface area contributed by atoms with Crippen LogP contribution in [0.1, 0.15) is 51.4 Å². The monoisotopic (exact) mass is 384 g/mol. The number of ether oxygens (including phenoxy) is 1. The molecule has 150 valence electrons. The van der Waals surface area contributed by atoms with Crippen LogP contribution in [0.4, 0.5) is 23.7 Å². The summed E-state index contributed by atoms with van der Waals surface area (Å²) >= 11 is 0. The number of nitrogens with zero attached hydrogens (tertiary/aromatic N) is 2. The number of likely N-dealkylation sites (tertiary alicyclic amines) is 1. The van der Waals surface area contributed by atoms with Gasteiger partial charge in [-0.15, -0.1) is 13.2 Å². The van der Waals surface area contributed by atoms with Crippen LogP contribution < -0.4 is 9.64 Å². The Morgan fingerprint density at radius 1 is 1.00 bits per heavy atom. The van der Waals surface area contributed by atoms with Crippen molar-refractivity contribution < 1.29 is 22.7 Å². The molecule has 2 amide bonds. The van der Waals surface area contributed by atoms with Crippen molar-refractivity contribution >= 4 is 11.7 Å². The lowest BCUT2D eigenvalue weighted by atomic mass is 9.89. The Labute approximate surface area is 158 Å². The minimum absolute atomic E-state index is 0.0373. The van der Waals surface area contributed by atoms with Gasteiger partial charge in [0.2, 0.25) is 0 Å². The van der Waals surface area contributed by atoms with Crippen molar-refractivity contribution in [2.24, 2.45) is 5.92 Å². The fraction of sp³-hybridized carbons (Fsp3) is 0.650. The molecule has 0 bridgehead atoms. The molecule has 1 saturated heterocycles. The molecular weight excluding hydrogens is 357 g/mol. The van der Waals surface area contributed by atoms with Crippen LogP contribution in [-0.4, -0.2) is 36.9 Å². The van der Waals surface area contributed by atoms with Gasteiger partial charge in [-0.1, -0.05) is 19.3 Å². The topological polar surface area (TPSA) is 32.8 Å². The van der Waals surface area contributed by atoms with E-state index in [1.165, 1.54) is 31.4 Å². The molecule has 1 aliphatic heterocycles. The molecule has 1 aliphatic carbocycles. The summed E-state index contributed by atoms with van der Waals surface area (Å²) in [5.74, 6) is 0.174. The van der Waals surface area contributed by atoms with Gasteiger partial charge in [0, 0.05) is 25.3 Å². The molecule has 27 heavy (non-hydrogen) atoms. The van der Waals surface area contributed by atoms with E-state index in [1.54, 1.807) is 17.0 Å². The van der Waals surface area contributed by atoms with E-state index in [0.717, 1.165) is 45.2 Å². The zero-order chi connectivity index (χ0) is 19.3. The van der Waals surface area contributed by atoms with Gasteiger partial charge in [-0.2, -0.15) is 0 Å². The largest absolute Gasteiger partial charge is 0.573 e. The zero-order valence-electron chi connectivity index (χ0n) is 15.5. The van der Waals surface area contributed by atoms with Gasteiger partial charge < -0.3 is 9.64 Å². The second-order valence-electron chi connectivity index (χ2n) is 7.49. The molecule has 2 aliphatic rings. The number of anilines is 1. The Morgan fingerprint density at radius 3 is 2.19 bits per heavy atom. The van der Waals surface area contributed by atoms with Crippen LogP contribution in [0.5, 0.6) is 5.75 Å². The first kappa shape index (κ1) is 19.8. The standard InChI is InChI=1S/C20H27F3N2O2/c21-20(22,23)27-18-11-9-17(10-12-18)25(15-16-7-3-1-4-8-16)19(26)24-13-5-2-6-14-24/h9-12,16H,1-8,13-15H2. The summed E-state index contributed by atoms with van der Waals surface area (Å²) in [5.41, 5.74) is 0.630. The molecule has 0 N–H and O–H groups in total. The van der Waals surface area contributed by atoms with E-state index in [4.69, 9.17) is 0 Å². The van der Waals surface area contributed by atoms with E-state index in [0.29, 0.717) is 18.2 Å². The van der Waals surface area contributed by atoms with Gasteiger partial charge in [0.15, 0.2) is 0 Å². The third kappa shape index (κ3) is 5.78. The first-order valence-corrected chi connectivity index (χ1v) is 9.84. The molecule has 0 radical (unpaired) electrons. The number of amides is 2. The quantitative estimate of drug-likeness (QED) is 0.679. The molecule has 1 aromatic carbocycles. The molecule has 2 fully saturated rings. The van der Waals surface area contributed by atoms with Crippen molar-refractivity contribution in [1.29, 1.82) is 0 Å². The van der Waals surface area contributed by atoms with Crippen molar-refractivity contribution in [2.45, 2.75) is 57.7 Å². The van der Waals surface area contributed by atoms with E-state index in [9.17, 15) is 18.0 Å². The predicted octanol–water partition coefficient (Wildman–Crippen LogP) is 5.58. The van der Waals surface area contributed by atoms with Crippen LogP contribution >= 0.6 is 0 Å². The first-order chi connectivity index (χ1) is 12.9. The smallest absolute Gasteiger partial charge is 0.406 e. The van der Waals surface area contributed by atoms with Crippen LogP contribution in [0, 0.1) is 5.92 Å². The molecule has 1 aromatic rings. The van der Waals surface area contributed by atoms with E-state index in [2.05, 4.69) is 4.74 Å². The molecule has 0 unspecified atom stereocenters. The number of hydrogen-bond donors (Lipinski definition) is 0. The number of halogens is 3. The summed E-state index contributed by atoms with van der Waals surface area (Å²) in [4.78, 5) is 16.7. The van der Waals surface area contributed by atoms with Crippen LogP contribution in [0.25, 0.3) is 0 Å². The minimum atomic E-state index is -4.72. The fourth-order valence-electron chi connectivity index (χ4n) is 4.01. The molecule has 0 atom stereocenters. The van der Waals surface area contributed by atoms with Crippen LogP contribution in [0.3, 0.4) is 0 Å². The molecule has 7 heteroatoms. The van der Waals surface area contributed by atoms with Gasteiger partial charge in [-0.25, -0.2) is 4.79 Å². The van der Waals surface area contributed by atoms with Gasteiger partial charge in [0.25, 0.3) is 0 Å². The van der Waals surface area contributed by atoms with Crippen molar-refractivity contribution in [3.8, 4) is 5.75 Å². The number of piperidine rings is 1. The number of hydrogen-bond acceptors (Lipinski definition) is 2. The highest BCUT2D eigenvalue weighted by Crippen LogP contribution is 2.30. The Morgan fingerprint density at radius 2 is 1.59 bits per heavy atom. The lowest BCUT2D eigenvalue weighted by Gasteiger charge is -2.35. The van der Waals surface area contributed by atoms with E-state index >= 15 is 0 Å². The number of carbonyl (C=O) groups excluding carboxylic acids is 1. The third-order valence-electron chi connectivity index (χ3n) is 5.40. The second kappa shape index (κ2) is 8.85. The van der Waals surface area contributed by atoms with Crippen LogP contribution in [-0.2, 0) is 0 Å². The summed E-state index contributed by atoms with van der Waals surface area (Å²) in [7, 11) is 0. The van der Waals surface area contributed by atoms with Crippen molar-refractivity contribution in [2.75, 3.05) is 24.5 Å².